The molecular formula is C15H13BrCl2O. The van der Waals surface area contributed by atoms with E-state index in [9.17, 15) is 5.11 Å². The summed E-state index contributed by atoms with van der Waals surface area (Å²) in [5.41, 5.74) is 2.09. The van der Waals surface area contributed by atoms with Crippen LogP contribution in [0, 0.1) is 0 Å². The van der Waals surface area contributed by atoms with Crippen LogP contribution >= 0.6 is 39.1 Å². The number of rotatable bonds is 4. The van der Waals surface area contributed by atoms with Gasteiger partial charge in [-0.3, -0.25) is 0 Å². The molecule has 4 heteroatoms. The molecule has 0 aliphatic heterocycles. The maximum Gasteiger partial charge on any atom is 0.0502 e. The Morgan fingerprint density at radius 2 is 1.74 bits per heavy atom. The highest BCUT2D eigenvalue weighted by Gasteiger charge is 2.13. The van der Waals surface area contributed by atoms with Crippen molar-refractivity contribution in [1.29, 1.82) is 0 Å². The molecule has 2 rings (SSSR count). The SMILES string of the molecule is OCC(Cc1ccc(Br)cc1Cl)c1ccc(Cl)cc1. The molecule has 2 aromatic rings. The highest BCUT2D eigenvalue weighted by atomic mass is 79.9. The van der Waals surface area contributed by atoms with Gasteiger partial charge >= 0.3 is 0 Å². The van der Waals surface area contributed by atoms with Crippen LogP contribution in [0.5, 0.6) is 0 Å². The minimum atomic E-state index is 0.0240. The van der Waals surface area contributed by atoms with E-state index < -0.39 is 0 Å². The van der Waals surface area contributed by atoms with Crippen LogP contribution in [0.2, 0.25) is 10.0 Å². The molecule has 0 amide bonds. The number of hydrogen-bond acceptors (Lipinski definition) is 1. The van der Waals surface area contributed by atoms with Crippen LogP contribution in [0.25, 0.3) is 0 Å². The maximum absolute atomic E-state index is 9.57. The second-order valence-corrected chi connectivity index (χ2v) is 6.13. The fourth-order valence-electron chi connectivity index (χ4n) is 1.98. The van der Waals surface area contributed by atoms with E-state index in [0.717, 1.165) is 15.6 Å². The minimum absolute atomic E-state index is 0.0240. The van der Waals surface area contributed by atoms with Gasteiger partial charge in [0.15, 0.2) is 0 Å². The van der Waals surface area contributed by atoms with Crippen LogP contribution in [0.3, 0.4) is 0 Å². The maximum atomic E-state index is 9.57. The van der Waals surface area contributed by atoms with E-state index >= 15 is 0 Å². The number of benzene rings is 2. The summed E-state index contributed by atoms with van der Waals surface area (Å²) in [5, 5.41) is 11.0. The highest BCUT2D eigenvalue weighted by Crippen LogP contribution is 2.28. The molecule has 0 bridgehead atoms. The quantitative estimate of drug-likeness (QED) is 0.807. The Hall–Kier alpha value is -0.540. The Morgan fingerprint density at radius 3 is 2.32 bits per heavy atom. The molecule has 100 valence electrons. The van der Waals surface area contributed by atoms with Gasteiger partial charge in [-0.2, -0.15) is 0 Å². The van der Waals surface area contributed by atoms with Crippen molar-refractivity contribution in [2.75, 3.05) is 6.61 Å². The van der Waals surface area contributed by atoms with E-state index in [1.807, 2.05) is 42.5 Å². The highest BCUT2D eigenvalue weighted by molar-refractivity contribution is 9.10. The molecule has 0 fully saturated rings. The van der Waals surface area contributed by atoms with E-state index in [1.54, 1.807) is 0 Å². The van der Waals surface area contributed by atoms with Crippen molar-refractivity contribution in [3.05, 3.63) is 68.1 Å². The average molecular weight is 360 g/mol. The molecule has 1 unspecified atom stereocenters. The molecule has 1 nitrogen and oxygen atoms in total. The van der Waals surface area contributed by atoms with Crippen LogP contribution in [0.15, 0.2) is 46.9 Å². The second kappa shape index (κ2) is 6.76. The van der Waals surface area contributed by atoms with Gasteiger partial charge in [-0.1, -0.05) is 57.3 Å². The predicted octanol–water partition coefficient (Wildman–Crippen LogP) is 5.07. The van der Waals surface area contributed by atoms with Gasteiger partial charge in [0, 0.05) is 20.4 Å². The zero-order valence-corrected chi connectivity index (χ0v) is 13.2. The van der Waals surface area contributed by atoms with Gasteiger partial charge in [-0.15, -0.1) is 0 Å². The van der Waals surface area contributed by atoms with Crippen molar-refractivity contribution in [3.8, 4) is 0 Å². The fourth-order valence-corrected chi connectivity index (χ4v) is 2.85. The van der Waals surface area contributed by atoms with E-state index in [1.165, 1.54) is 0 Å². The Balaban J connectivity index is 2.21. The van der Waals surface area contributed by atoms with Crippen LogP contribution < -0.4 is 0 Å². The summed E-state index contributed by atoms with van der Waals surface area (Å²) in [4.78, 5) is 0. The molecule has 1 atom stereocenters. The molecule has 0 aliphatic carbocycles. The lowest BCUT2D eigenvalue weighted by Gasteiger charge is -2.16. The van der Waals surface area contributed by atoms with Gasteiger partial charge in [0.05, 0.1) is 6.61 Å². The van der Waals surface area contributed by atoms with Gasteiger partial charge < -0.3 is 5.11 Å². The Bertz CT molecular complexity index is 555. The predicted molar refractivity (Wildman–Crippen MR) is 84.1 cm³/mol. The summed E-state index contributed by atoms with van der Waals surface area (Å²) in [6.07, 6.45) is 0.699. The first kappa shape index (κ1) is 14.9. The van der Waals surface area contributed by atoms with Crippen molar-refractivity contribution >= 4 is 39.1 Å². The van der Waals surface area contributed by atoms with Gasteiger partial charge in [-0.05, 0) is 41.8 Å². The standard InChI is InChI=1S/C15H13BrCl2O/c16-13-4-1-11(15(18)8-13)7-12(9-19)10-2-5-14(17)6-3-10/h1-6,8,12,19H,7,9H2. The Morgan fingerprint density at radius 1 is 1.05 bits per heavy atom. The third-order valence-corrected chi connectivity index (χ3v) is 4.14. The molecule has 1 N–H and O–H groups in total. The van der Waals surface area contributed by atoms with Crippen LogP contribution in [-0.4, -0.2) is 11.7 Å². The van der Waals surface area contributed by atoms with E-state index in [0.29, 0.717) is 16.5 Å². The summed E-state index contributed by atoms with van der Waals surface area (Å²) in [6.45, 7) is 0.0774. The summed E-state index contributed by atoms with van der Waals surface area (Å²) in [5.74, 6) is 0.0240. The van der Waals surface area contributed by atoms with Gasteiger partial charge in [0.1, 0.15) is 0 Å². The molecule has 2 aromatic carbocycles. The zero-order chi connectivity index (χ0) is 13.8. The summed E-state index contributed by atoms with van der Waals surface area (Å²) >= 11 is 15.5. The largest absolute Gasteiger partial charge is 0.396 e. The summed E-state index contributed by atoms with van der Waals surface area (Å²) in [6, 6.07) is 13.4. The van der Waals surface area contributed by atoms with E-state index in [-0.39, 0.29) is 12.5 Å². The van der Waals surface area contributed by atoms with Gasteiger partial charge in [0.2, 0.25) is 0 Å². The van der Waals surface area contributed by atoms with Crippen LogP contribution in [-0.2, 0) is 6.42 Å². The summed E-state index contributed by atoms with van der Waals surface area (Å²) < 4.78 is 0.952. The molecule has 0 radical (unpaired) electrons. The average Bonchev–Trinajstić information content (AvgIpc) is 2.39. The molecular weight excluding hydrogens is 347 g/mol. The molecule has 0 aliphatic rings. The van der Waals surface area contributed by atoms with Crippen molar-refractivity contribution < 1.29 is 5.11 Å². The number of hydrogen-bond donors (Lipinski definition) is 1. The van der Waals surface area contributed by atoms with Gasteiger partial charge in [0.25, 0.3) is 0 Å². The first-order chi connectivity index (χ1) is 9.10. The first-order valence-electron chi connectivity index (χ1n) is 5.90. The third kappa shape index (κ3) is 3.96. The van der Waals surface area contributed by atoms with Crippen molar-refractivity contribution in [3.63, 3.8) is 0 Å². The minimum Gasteiger partial charge on any atom is -0.396 e. The molecule has 0 saturated carbocycles. The zero-order valence-electron chi connectivity index (χ0n) is 10.1. The van der Waals surface area contributed by atoms with Crippen LogP contribution in [0.1, 0.15) is 17.0 Å². The lowest BCUT2D eigenvalue weighted by Crippen LogP contribution is -2.08. The van der Waals surface area contributed by atoms with Crippen molar-refractivity contribution in [2.45, 2.75) is 12.3 Å². The lowest BCUT2D eigenvalue weighted by molar-refractivity contribution is 0.264. The first-order valence-corrected chi connectivity index (χ1v) is 7.45. The topological polar surface area (TPSA) is 20.2 Å². The van der Waals surface area contributed by atoms with E-state index in [2.05, 4.69) is 15.9 Å². The molecule has 0 saturated heterocycles. The Kier molecular flexibility index (Phi) is 5.28. The third-order valence-electron chi connectivity index (χ3n) is 3.04. The lowest BCUT2D eigenvalue weighted by atomic mass is 9.93. The van der Waals surface area contributed by atoms with Gasteiger partial charge in [-0.25, -0.2) is 0 Å². The molecule has 0 aromatic heterocycles. The monoisotopic (exact) mass is 358 g/mol. The fraction of sp³-hybridized carbons (Fsp3) is 0.200. The molecule has 0 spiro atoms. The van der Waals surface area contributed by atoms with Crippen LogP contribution in [0.4, 0.5) is 0 Å². The number of halogens is 3. The Labute approximate surface area is 131 Å². The molecule has 19 heavy (non-hydrogen) atoms. The van der Waals surface area contributed by atoms with Crippen molar-refractivity contribution in [1.82, 2.24) is 0 Å². The number of aliphatic hydroxyl groups is 1. The number of aliphatic hydroxyl groups excluding tert-OH is 1. The normalized spacial score (nSPS) is 12.4. The smallest absolute Gasteiger partial charge is 0.0502 e. The van der Waals surface area contributed by atoms with Crippen molar-refractivity contribution in [2.24, 2.45) is 0 Å². The summed E-state index contributed by atoms with van der Waals surface area (Å²) in [7, 11) is 0. The second-order valence-electron chi connectivity index (χ2n) is 4.37. The van der Waals surface area contributed by atoms with E-state index in [4.69, 9.17) is 23.2 Å². The molecule has 0 heterocycles.